The average molecular weight is 303 g/mol. The van der Waals surface area contributed by atoms with Crippen molar-refractivity contribution in [3.05, 3.63) is 39.8 Å². The molecule has 0 radical (unpaired) electrons. The van der Waals surface area contributed by atoms with E-state index in [4.69, 9.17) is 0 Å². The van der Waals surface area contributed by atoms with E-state index in [0.717, 1.165) is 29.0 Å². The monoisotopic (exact) mass is 303 g/mol. The van der Waals surface area contributed by atoms with E-state index in [1.165, 1.54) is 22.3 Å². The average Bonchev–Trinajstić information content (AvgIpc) is 3.11. The van der Waals surface area contributed by atoms with Crippen molar-refractivity contribution in [3.8, 4) is 0 Å². The normalized spacial score (nSPS) is 17.5. The fraction of sp³-hybridized carbons (Fsp3) is 0.400. The van der Waals surface area contributed by atoms with E-state index in [1.807, 2.05) is 13.0 Å². The number of nitrogens with one attached hydrogen (secondary N) is 1. The maximum absolute atomic E-state index is 12.3. The summed E-state index contributed by atoms with van der Waals surface area (Å²) in [4.78, 5) is 30.4. The lowest BCUT2D eigenvalue weighted by Crippen LogP contribution is -2.33. The zero-order valence-electron chi connectivity index (χ0n) is 11.8. The van der Waals surface area contributed by atoms with Crippen LogP contribution in [0.25, 0.3) is 10.2 Å². The molecule has 5 nitrogen and oxygen atoms in total. The number of hydrogen-bond acceptors (Lipinski definition) is 4. The second-order valence-corrected chi connectivity index (χ2v) is 6.32. The zero-order chi connectivity index (χ0) is 14.8. The van der Waals surface area contributed by atoms with Crippen LogP contribution in [0.15, 0.2) is 29.3 Å². The first kappa shape index (κ1) is 14.0. The highest BCUT2D eigenvalue weighted by atomic mass is 32.1. The fourth-order valence-corrected chi connectivity index (χ4v) is 3.44. The van der Waals surface area contributed by atoms with Gasteiger partial charge >= 0.3 is 0 Å². The molecule has 0 spiro atoms. The van der Waals surface area contributed by atoms with Crippen molar-refractivity contribution in [2.45, 2.75) is 32.6 Å². The highest BCUT2D eigenvalue weighted by Crippen LogP contribution is 2.21. The molecule has 0 saturated carbocycles. The molecule has 0 bridgehead atoms. The summed E-state index contributed by atoms with van der Waals surface area (Å²) in [5.74, 6) is 0.131. The molecule has 110 valence electrons. The predicted octanol–water partition coefficient (Wildman–Crippen LogP) is 2.45. The van der Waals surface area contributed by atoms with E-state index in [9.17, 15) is 9.59 Å². The number of fused-ring (bicyclic) bond motifs is 1. The molecule has 1 amide bonds. The topological polar surface area (TPSA) is 64.0 Å². The fourth-order valence-electron chi connectivity index (χ4n) is 2.51. The number of amides is 1. The molecule has 1 aliphatic carbocycles. The van der Waals surface area contributed by atoms with Crippen LogP contribution in [0.1, 0.15) is 31.1 Å². The lowest BCUT2D eigenvalue weighted by atomic mass is 10.1. The minimum absolute atomic E-state index is 0.152. The summed E-state index contributed by atoms with van der Waals surface area (Å²) in [5, 5.41) is 0.570. The van der Waals surface area contributed by atoms with Crippen molar-refractivity contribution in [2.24, 2.45) is 5.92 Å². The van der Waals surface area contributed by atoms with E-state index < -0.39 is 0 Å². The van der Waals surface area contributed by atoms with Crippen molar-refractivity contribution in [2.75, 3.05) is 5.43 Å². The van der Waals surface area contributed by atoms with Gasteiger partial charge in [0.2, 0.25) is 5.91 Å². The quantitative estimate of drug-likeness (QED) is 0.882. The first-order chi connectivity index (χ1) is 10.2. The first-order valence-electron chi connectivity index (χ1n) is 7.14. The summed E-state index contributed by atoms with van der Waals surface area (Å²) >= 11 is 1.52. The molecule has 0 aromatic carbocycles. The van der Waals surface area contributed by atoms with Crippen LogP contribution in [0, 0.1) is 5.92 Å². The van der Waals surface area contributed by atoms with Crippen molar-refractivity contribution in [1.82, 2.24) is 9.66 Å². The Morgan fingerprint density at radius 3 is 3.14 bits per heavy atom. The minimum Gasteiger partial charge on any atom is -0.273 e. The third-order valence-corrected chi connectivity index (χ3v) is 4.84. The highest BCUT2D eigenvalue weighted by Gasteiger charge is 2.15. The molecule has 2 heterocycles. The van der Waals surface area contributed by atoms with Gasteiger partial charge in [-0.3, -0.25) is 15.0 Å². The van der Waals surface area contributed by atoms with Crippen LogP contribution in [0.2, 0.25) is 0 Å². The molecular formula is C15H17N3O2S. The third-order valence-electron chi connectivity index (χ3n) is 3.66. The van der Waals surface area contributed by atoms with Gasteiger partial charge in [0, 0.05) is 11.3 Å². The number of thiophene rings is 1. The third kappa shape index (κ3) is 2.90. The Kier molecular flexibility index (Phi) is 3.88. The van der Waals surface area contributed by atoms with Crippen LogP contribution in [0.4, 0.5) is 0 Å². The molecule has 1 atom stereocenters. The van der Waals surface area contributed by atoms with Gasteiger partial charge in [0.25, 0.3) is 5.56 Å². The van der Waals surface area contributed by atoms with E-state index >= 15 is 0 Å². The van der Waals surface area contributed by atoms with Crippen LogP contribution < -0.4 is 11.0 Å². The maximum atomic E-state index is 12.3. The molecule has 21 heavy (non-hydrogen) atoms. The standard InChI is InChI=1S/C15H17N3O2S/c1-2-11-8-12-14(21-11)16-9-18(15(12)20)17-13(19)7-10-5-3-4-6-10/h3,5,8-10H,2,4,6-7H2,1H3,(H,17,19). The van der Waals surface area contributed by atoms with Crippen LogP contribution in [-0.2, 0) is 11.2 Å². The predicted molar refractivity (Wildman–Crippen MR) is 84.1 cm³/mol. The Hall–Kier alpha value is -1.95. The summed E-state index contributed by atoms with van der Waals surface area (Å²) < 4.78 is 1.19. The Labute approximate surface area is 126 Å². The smallest absolute Gasteiger partial charge is 0.273 e. The number of aromatic nitrogens is 2. The first-order valence-corrected chi connectivity index (χ1v) is 7.95. The lowest BCUT2D eigenvalue weighted by molar-refractivity contribution is -0.117. The summed E-state index contributed by atoms with van der Waals surface area (Å²) in [6.45, 7) is 2.04. The van der Waals surface area contributed by atoms with Crippen molar-refractivity contribution in [1.29, 1.82) is 0 Å². The Morgan fingerprint density at radius 1 is 1.57 bits per heavy atom. The molecule has 2 aromatic heterocycles. The Bertz CT molecular complexity index is 760. The molecule has 0 saturated heterocycles. The van der Waals surface area contributed by atoms with Crippen molar-refractivity contribution in [3.63, 3.8) is 0 Å². The van der Waals surface area contributed by atoms with Crippen molar-refractivity contribution < 1.29 is 4.79 Å². The summed E-state index contributed by atoms with van der Waals surface area (Å²) in [6, 6.07) is 1.86. The van der Waals surface area contributed by atoms with E-state index in [1.54, 1.807) is 0 Å². The summed E-state index contributed by atoms with van der Waals surface area (Å²) in [6.07, 6.45) is 8.87. The minimum atomic E-state index is -0.216. The molecule has 0 fully saturated rings. The van der Waals surface area contributed by atoms with Crippen molar-refractivity contribution >= 4 is 27.5 Å². The second-order valence-electron chi connectivity index (χ2n) is 5.21. The summed E-state index contributed by atoms with van der Waals surface area (Å²) in [5.41, 5.74) is 2.41. The number of carbonyl (C=O) groups is 1. The number of hydrogen-bond donors (Lipinski definition) is 1. The zero-order valence-corrected chi connectivity index (χ0v) is 12.7. The van der Waals surface area contributed by atoms with E-state index in [2.05, 4.69) is 22.6 Å². The van der Waals surface area contributed by atoms with Gasteiger partial charge in [-0.05, 0) is 31.2 Å². The van der Waals surface area contributed by atoms with Gasteiger partial charge in [0.05, 0.1) is 5.39 Å². The van der Waals surface area contributed by atoms with Gasteiger partial charge < -0.3 is 0 Å². The molecule has 6 heteroatoms. The lowest BCUT2D eigenvalue weighted by Gasteiger charge is -2.10. The van der Waals surface area contributed by atoms with E-state index in [0.29, 0.717) is 11.8 Å². The van der Waals surface area contributed by atoms with Crippen LogP contribution in [-0.4, -0.2) is 15.6 Å². The molecule has 0 aliphatic heterocycles. The molecule has 1 unspecified atom stereocenters. The van der Waals surface area contributed by atoms with Crippen LogP contribution >= 0.6 is 11.3 Å². The van der Waals surface area contributed by atoms with Gasteiger partial charge in [-0.2, -0.15) is 0 Å². The second kappa shape index (κ2) is 5.81. The van der Waals surface area contributed by atoms with Gasteiger partial charge in [-0.1, -0.05) is 19.1 Å². The number of allylic oxidation sites excluding steroid dienone is 2. The molecule has 1 aliphatic rings. The Morgan fingerprint density at radius 2 is 2.43 bits per heavy atom. The van der Waals surface area contributed by atoms with Gasteiger partial charge in [-0.15, -0.1) is 11.3 Å². The SMILES string of the molecule is CCc1cc2c(=O)n(NC(=O)CC3C=CCC3)cnc2s1. The number of aryl methyl sites for hydroxylation is 1. The van der Waals surface area contributed by atoms with Crippen LogP contribution in [0.3, 0.4) is 0 Å². The maximum Gasteiger partial charge on any atom is 0.280 e. The molecule has 3 rings (SSSR count). The van der Waals surface area contributed by atoms with E-state index in [-0.39, 0.29) is 17.4 Å². The molecule has 1 N–H and O–H groups in total. The molecule has 2 aromatic rings. The Balaban J connectivity index is 1.80. The largest absolute Gasteiger partial charge is 0.280 e. The number of nitrogens with zero attached hydrogens (tertiary/aromatic N) is 2. The van der Waals surface area contributed by atoms with Gasteiger partial charge in [0.1, 0.15) is 11.2 Å². The molecular weight excluding hydrogens is 286 g/mol. The van der Waals surface area contributed by atoms with Crippen LogP contribution in [0.5, 0.6) is 0 Å². The summed E-state index contributed by atoms with van der Waals surface area (Å²) in [7, 11) is 0. The van der Waals surface area contributed by atoms with Gasteiger partial charge in [0.15, 0.2) is 0 Å². The number of carbonyl (C=O) groups excluding carboxylic acids is 1. The highest BCUT2D eigenvalue weighted by molar-refractivity contribution is 7.18. The van der Waals surface area contributed by atoms with Gasteiger partial charge in [-0.25, -0.2) is 9.66 Å². The number of rotatable bonds is 4.